The molecule has 1 unspecified atom stereocenters. The van der Waals surface area contributed by atoms with Crippen LogP contribution in [0.15, 0.2) is 0 Å². The second-order valence-corrected chi connectivity index (χ2v) is 5.68. The average molecular weight is 319 g/mol. The highest BCUT2D eigenvalue weighted by Crippen LogP contribution is 2.00. The third-order valence-corrected chi connectivity index (χ3v) is 3.52. The van der Waals surface area contributed by atoms with E-state index in [1.807, 2.05) is 20.1 Å². The van der Waals surface area contributed by atoms with Crippen LogP contribution < -0.4 is 16.0 Å². The first kappa shape index (κ1) is 19.6. The lowest BCUT2D eigenvalue weighted by Crippen LogP contribution is -2.47. The van der Waals surface area contributed by atoms with Gasteiger partial charge in [-0.05, 0) is 31.8 Å². The van der Waals surface area contributed by atoms with Crippen molar-refractivity contribution in [2.24, 2.45) is 0 Å². The van der Waals surface area contributed by atoms with E-state index in [1.54, 1.807) is 0 Å². The van der Waals surface area contributed by atoms with Gasteiger partial charge in [0.25, 0.3) is 0 Å². The zero-order valence-corrected chi connectivity index (χ0v) is 13.6. The fourth-order valence-corrected chi connectivity index (χ4v) is 1.91. The van der Waals surface area contributed by atoms with Gasteiger partial charge in [0.05, 0.1) is 0 Å². The summed E-state index contributed by atoms with van der Waals surface area (Å²) in [6.07, 6.45) is 3.24. The summed E-state index contributed by atoms with van der Waals surface area (Å²) in [5.74, 6) is -0.551. The summed E-state index contributed by atoms with van der Waals surface area (Å²) >= 11 is 1.52. The molecule has 0 heterocycles. The van der Waals surface area contributed by atoms with Crippen molar-refractivity contribution in [2.75, 3.05) is 18.6 Å². The lowest BCUT2D eigenvalue weighted by Gasteiger charge is -2.15. The van der Waals surface area contributed by atoms with Gasteiger partial charge in [-0.1, -0.05) is 6.92 Å². The van der Waals surface area contributed by atoms with Crippen molar-refractivity contribution in [2.45, 2.75) is 45.2 Å². The predicted molar refractivity (Wildman–Crippen MR) is 83.5 cm³/mol. The van der Waals surface area contributed by atoms with Crippen molar-refractivity contribution in [1.82, 2.24) is 16.0 Å². The highest BCUT2D eigenvalue weighted by atomic mass is 32.2. The van der Waals surface area contributed by atoms with Gasteiger partial charge in [-0.2, -0.15) is 11.8 Å². The molecular formula is C13H25N3O4S. The third-order valence-electron chi connectivity index (χ3n) is 2.87. The number of carboxylic acid groups (broad SMARTS) is 1. The molecular weight excluding hydrogens is 294 g/mol. The Bertz CT molecular complexity index is 352. The maximum Gasteiger partial charge on any atom is 0.326 e. The van der Waals surface area contributed by atoms with Crippen LogP contribution in [-0.2, 0) is 9.59 Å². The number of thioether (sulfide) groups is 1. The summed E-state index contributed by atoms with van der Waals surface area (Å²) in [5, 5.41) is 16.6. The van der Waals surface area contributed by atoms with Crippen LogP contribution in [0.1, 0.15) is 33.1 Å². The minimum atomic E-state index is -1.06. The van der Waals surface area contributed by atoms with Gasteiger partial charge in [0, 0.05) is 19.0 Å². The maximum atomic E-state index is 11.6. The molecule has 2 atom stereocenters. The van der Waals surface area contributed by atoms with Crippen molar-refractivity contribution < 1.29 is 19.5 Å². The number of carbonyl (C=O) groups excluding carboxylic acids is 2. The number of aliphatic carboxylic acids is 1. The molecule has 0 rings (SSSR count). The number of nitrogens with one attached hydrogen (secondary N) is 3. The Labute approximate surface area is 129 Å². The number of amides is 3. The van der Waals surface area contributed by atoms with Gasteiger partial charge < -0.3 is 21.1 Å². The molecule has 0 spiro atoms. The molecule has 3 amide bonds. The molecule has 0 aromatic heterocycles. The lowest BCUT2D eigenvalue weighted by molar-refractivity contribution is -0.139. The maximum absolute atomic E-state index is 11.6. The summed E-state index contributed by atoms with van der Waals surface area (Å²) in [7, 11) is 0. The van der Waals surface area contributed by atoms with Crippen molar-refractivity contribution in [1.29, 1.82) is 0 Å². The fourth-order valence-electron chi connectivity index (χ4n) is 1.44. The summed E-state index contributed by atoms with van der Waals surface area (Å²) in [5.41, 5.74) is 0. The molecule has 7 nitrogen and oxygen atoms in total. The number of hydrogen-bond donors (Lipinski definition) is 4. The lowest BCUT2D eigenvalue weighted by atomic mass is 10.2. The van der Waals surface area contributed by atoms with E-state index in [-0.39, 0.29) is 24.9 Å². The van der Waals surface area contributed by atoms with E-state index in [2.05, 4.69) is 16.0 Å². The van der Waals surface area contributed by atoms with E-state index in [1.165, 1.54) is 11.8 Å². The van der Waals surface area contributed by atoms with Gasteiger partial charge in [0.2, 0.25) is 5.91 Å². The highest BCUT2D eigenvalue weighted by molar-refractivity contribution is 7.98. The number of rotatable bonds is 10. The molecule has 0 aliphatic rings. The Morgan fingerprint density at radius 1 is 1.24 bits per heavy atom. The Balaban J connectivity index is 3.97. The quantitative estimate of drug-likeness (QED) is 0.476. The van der Waals surface area contributed by atoms with Crippen LogP contribution in [0.5, 0.6) is 0 Å². The van der Waals surface area contributed by atoms with E-state index < -0.39 is 18.0 Å². The van der Waals surface area contributed by atoms with Gasteiger partial charge in [-0.25, -0.2) is 9.59 Å². The number of urea groups is 1. The van der Waals surface area contributed by atoms with Gasteiger partial charge in [0.15, 0.2) is 0 Å². The molecule has 122 valence electrons. The van der Waals surface area contributed by atoms with E-state index in [0.717, 1.165) is 6.42 Å². The topological polar surface area (TPSA) is 108 Å². The first-order chi connectivity index (χ1) is 9.90. The van der Waals surface area contributed by atoms with Gasteiger partial charge >= 0.3 is 12.0 Å². The van der Waals surface area contributed by atoms with Gasteiger partial charge in [-0.15, -0.1) is 0 Å². The first-order valence-electron chi connectivity index (χ1n) is 6.96. The number of hydrogen-bond acceptors (Lipinski definition) is 4. The summed E-state index contributed by atoms with van der Waals surface area (Å²) in [6, 6.07) is -1.37. The fraction of sp³-hybridized carbons (Fsp3) is 0.769. The van der Waals surface area contributed by atoms with E-state index in [9.17, 15) is 14.4 Å². The molecule has 0 saturated carbocycles. The minimum Gasteiger partial charge on any atom is -0.480 e. The Morgan fingerprint density at radius 2 is 1.90 bits per heavy atom. The SMILES string of the molecule is CCC(C)NC(=O)CCNC(=O)N[C@H](CCSC)C(=O)O. The van der Waals surface area contributed by atoms with E-state index in [4.69, 9.17) is 5.11 Å². The number of carbonyl (C=O) groups is 3. The van der Waals surface area contributed by atoms with Crippen molar-refractivity contribution in [3.05, 3.63) is 0 Å². The van der Waals surface area contributed by atoms with Crippen molar-refractivity contribution in [3.63, 3.8) is 0 Å². The molecule has 8 heteroatoms. The summed E-state index contributed by atoms with van der Waals surface area (Å²) in [4.78, 5) is 34.0. The molecule has 0 saturated heterocycles. The second-order valence-electron chi connectivity index (χ2n) is 4.70. The molecule has 0 aromatic rings. The highest BCUT2D eigenvalue weighted by Gasteiger charge is 2.19. The van der Waals surface area contributed by atoms with Crippen LogP contribution in [0.4, 0.5) is 4.79 Å². The molecule has 0 aromatic carbocycles. The monoisotopic (exact) mass is 319 g/mol. The Kier molecular flexibility index (Phi) is 10.5. The zero-order chi connectivity index (χ0) is 16.3. The van der Waals surface area contributed by atoms with Crippen LogP contribution in [-0.4, -0.2) is 53.7 Å². The first-order valence-corrected chi connectivity index (χ1v) is 8.35. The smallest absolute Gasteiger partial charge is 0.326 e. The van der Waals surface area contributed by atoms with Crippen LogP contribution in [0.3, 0.4) is 0 Å². The van der Waals surface area contributed by atoms with Crippen LogP contribution in [0.2, 0.25) is 0 Å². The molecule has 21 heavy (non-hydrogen) atoms. The molecule has 0 bridgehead atoms. The van der Waals surface area contributed by atoms with Crippen LogP contribution in [0.25, 0.3) is 0 Å². The van der Waals surface area contributed by atoms with E-state index in [0.29, 0.717) is 12.2 Å². The molecule has 4 N–H and O–H groups in total. The van der Waals surface area contributed by atoms with Gasteiger partial charge in [-0.3, -0.25) is 4.79 Å². The van der Waals surface area contributed by atoms with Crippen LogP contribution in [0, 0.1) is 0 Å². The predicted octanol–water partition coefficient (Wildman–Crippen LogP) is 0.797. The zero-order valence-electron chi connectivity index (χ0n) is 12.8. The summed E-state index contributed by atoms with van der Waals surface area (Å²) in [6.45, 7) is 4.04. The Morgan fingerprint density at radius 3 is 2.43 bits per heavy atom. The van der Waals surface area contributed by atoms with Crippen LogP contribution >= 0.6 is 11.8 Å². The average Bonchev–Trinajstić information content (AvgIpc) is 2.42. The third kappa shape index (κ3) is 10.0. The van der Waals surface area contributed by atoms with Gasteiger partial charge in [0.1, 0.15) is 6.04 Å². The molecule has 0 aliphatic heterocycles. The minimum absolute atomic E-state index is 0.106. The standard InChI is InChI=1S/C13H25N3O4S/c1-4-9(2)15-11(17)5-7-14-13(20)16-10(12(18)19)6-8-21-3/h9-10H,4-8H2,1-3H3,(H,15,17)(H,18,19)(H2,14,16,20)/t9?,10-/m1/s1. The van der Waals surface area contributed by atoms with E-state index >= 15 is 0 Å². The molecule has 0 aliphatic carbocycles. The second kappa shape index (κ2) is 11.2. The normalized spacial score (nSPS) is 13.1. The van der Waals surface area contributed by atoms with Crippen molar-refractivity contribution in [3.8, 4) is 0 Å². The molecule has 0 fully saturated rings. The number of carboxylic acids is 1. The largest absolute Gasteiger partial charge is 0.480 e. The van der Waals surface area contributed by atoms with Crippen molar-refractivity contribution >= 4 is 29.7 Å². The Hall–Kier alpha value is -1.44. The molecule has 0 radical (unpaired) electrons. The summed E-state index contributed by atoms with van der Waals surface area (Å²) < 4.78 is 0.